The van der Waals surface area contributed by atoms with Gasteiger partial charge in [0, 0.05) is 30.3 Å². The van der Waals surface area contributed by atoms with Crippen molar-refractivity contribution < 1.29 is 19.2 Å². The molecule has 0 radical (unpaired) electrons. The summed E-state index contributed by atoms with van der Waals surface area (Å²) in [6.45, 7) is 0.230. The fraction of sp³-hybridized carbons (Fsp3) is 0.348. The number of hydrogen-bond acceptors (Lipinski definition) is 5. The first-order valence-corrected chi connectivity index (χ1v) is 11.0. The Bertz CT molecular complexity index is 1140. The Kier molecular flexibility index (Phi) is 4.97. The molecule has 2 aliphatic heterocycles. The van der Waals surface area contributed by atoms with E-state index in [9.17, 15) is 19.2 Å². The maximum atomic E-state index is 13.1. The third kappa shape index (κ3) is 3.44. The second kappa shape index (κ2) is 7.70. The van der Waals surface area contributed by atoms with Crippen LogP contribution >= 0.6 is 11.6 Å². The monoisotopic (exact) mass is 452 g/mol. The van der Waals surface area contributed by atoms with Gasteiger partial charge < -0.3 is 10.2 Å². The summed E-state index contributed by atoms with van der Waals surface area (Å²) in [5.41, 5.74) is 2.08. The maximum absolute atomic E-state index is 13.1. The number of nitrogens with one attached hydrogen (secondary N) is 2. The summed E-state index contributed by atoms with van der Waals surface area (Å²) in [6, 6.07) is 7.89. The summed E-state index contributed by atoms with van der Waals surface area (Å²) >= 11 is 5.90. The SMILES string of the molecule is O=C1CCC(N2Cc3cc(C(=O)NC4(c5ccc(Cl)nc5)CCC4)ccc3C2=O)C(=O)N1. The number of fused-ring (bicyclic) bond motifs is 1. The first-order valence-electron chi connectivity index (χ1n) is 10.6. The molecule has 1 atom stereocenters. The van der Waals surface area contributed by atoms with E-state index >= 15 is 0 Å². The zero-order valence-corrected chi connectivity index (χ0v) is 17.9. The molecule has 0 bridgehead atoms. The predicted octanol–water partition coefficient (Wildman–Crippen LogP) is 2.31. The van der Waals surface area contributed by atoms with E-state index in [4.69, 9.17) is 11.6 Å². The Labute approximate surface area is 189 Å². The Hall–Kier alpha value is -3.26. The molecule has 0 spiro atoms. The molecular formula is C23H21ClN4O4. The van der Waals surface area contributed by atoms with Gasteiger partial charge in [-0.05, 0) is 61.1 Å². The Morgan fingerprint density at radius 2 is 2.00 bits per heavy atom. The number of nitrogens with zero attached hydrogens (tertiary/aromatic N) is 2. The van der Waals surface area contributed by atoms with Crippen molar-refractivity contribution in [3.8, 4) is 0 Å². The number of carbonyl (C=O) groups is 4. The molecule has 2 N–H and O–H groups in total. The zero-order valence-electron chi connectivity index (χ0n) is 17.2. The van der Waals surface area contributed by atoms with Gasteiger partial charge in [0.05, 0.1) is 5.54 Å². The van der Waals surface area contributed by atoms with Gasteiger partial charge in [-0.3, -0.25) is 24.5 Å². The molecule has 1 saturated carbocycles. The van der Waals surface area contributed by atoms with Crippen molar-refractivity contribution in [2.75, 3.05) is 0 Å². The van der Waals surface area contributed by atoms with Crippen LogP contribution in [0, 0.1) is 0 Å². The second-order valence-corrected chi connectivity index (χ2v) is 8.92. The van der Waals surface area contributed by atoms with Gasteiger partial charge in [0.2, 0.25) is 11.8 Å². The molecule has 1 saturated heterocycles. The number of pyridine rings is 1. The number of imide groups is 1. The highest BCUT2D eigenvalue weighted by atomic mass is 35.5. The summed E-state index contributed by atoms with van der Waals surface area (Å²) in [6.07, 6.45) is 4.83. The maximum Gasteiger partial charge on any atom is 0.255 e. The molecule has 3 heterocycles. The van der Waals surface area contributed by atoms with Crippen LogP contribution < -0.4 is 10.6 Å². The normalized spacial score (nSPS) is 21.6. The van der Waals surface area contributed by atoms with Crippen LogP contribution in [0.5, 0.6) is 0 Å². The quantitative estimate of drug-likeness (QED) is 0.546. The highest BCUT2D eigenvalue weighted by molar-refractivity contribution is 6.29. The minimum Gasteiger partial charge on any atom is -0.342 e. The minimum absolute atomic E-state index is 0.200. The fourth-order valence-electron chi connectivity index (χ4n) is 4.68. The Balaban J connectivity index is 1.35. The number of benzene rings is 1. The van der Waals surface area contributed by atoms with Crippen LogP contribution in [0.4, 0.5) is 0 Å². The lowest BCUT2D eigenvalue weighted by molar-refractivity contribution is -0.136. The van der Waals surface area contributed by atoms with E-state index in [2.05, 4.69) is 15.6 Å². The van der Waals surface area contributed by atoms with Crippen LogP contribution in [0.1, 0.15) is 63.9 Å². The number of rotatable bonds is 4. The van der Waals surface area contributed by atoms with Crippen molar-refractivity contribution in [3.63, 3.8) is 0 Å². The van der Waals surface area contributed by atoms with E-state index in [0.717, 1.165) is 24.8 Å². The Morgan fingerprint density at radius 3 is 2.66 bits per heavy atom. The van der Waals surface area contributed by atoms with E-state index in [-0.39, 0.29) is 30.7 Å². The zero-order chi connectivity index (χ0) is 22.5. The summed E-state index contributed by atoms with van der Waals surface area (Å²) in [7, 11) is 0. The summed E-state index contributed by atoms with van der Waals surface area (Å²) in [4.78, 5) is 55.2. The second-order valence-electron chi connectivity index (χ2n) is 8.53. The molecule has 9 heteroatoms. The summed E-state index contributed by atoms with van der Waals surface area (Å²) in [5.74, 6) is -1.27. The molecule has 164 valence electrons. The van der Waals surface area contributed by atoms with Gasteiger partial charge >= 0.3 is 0 Å². The van der Waals surface area contributed by atoms with E-state index in [0.29, 0.717) is 28.3 Å². The van der Waals surface area contributed by atoms with Crippen molar-refractivity contribution in [2.45, 2.75) is 50.2 Å². The standard InChI is InChI=1S/C23H21ClN4O4/c24-18-6-3-15(11-25-18)23(8-1-9-23)27-20(30)13-2-4-16-14(10-13)12-28(22(16)32)17-5-7-19(29)26-21(17)31/h2-4,6,10-11,17H,1,5,7-9,12H2,(H,27,30)(H,26,29,31). The molecule has 1 unspecified atom stereocenters. The molecule has 1 aliphatic carbocycles. The molecule has 1 aromatic heterocycles. The largest absolute Gasteiger partial charge is 0.342 e. The number of carbonyl (C=O) groups excluding carboxylic acids is 4. The minimum atomic E-state index is -0.680. The third-order valence-electron chi connectivity index (χ3n) is 6.63. The van der Waals surface area contributed by atoms with E-state index in [1.165, 1.54) is 4.90 Å². The van der Waals surface area contributed by atoms with Crippen LogP contribution in [0.2, 0.25) is 5.15 Å². The number of halogens is 1. The van der Waals surface area contributed by atoms with E-state index < -0.39 is 17.5 Å². The number of amides is 4. The fourth-order valence-corrected chi connectivity index (χ4v) is 4.79. The highest BCUT2D eigenvalue weighted by Crippen LogP contribution is 2.41. The number of piperidine rings is 1. The van der Waals surface area contributed by atoms with Crippen molar-refractivity contribution >= 4 is 35.2 Å². The van der Waals surface area contributed by atoms with Crippen molar-refractivity contribution in [3.05, 3.63) is 63.9 Å². The van der Waals surface area contributed by atoms with E-state index in [1.54, 1.807) is 30.5 Å². The number of aromatic nitrogens is 1. The topological polar surface area (TPSA) is 108 Å². The molecule has 32 heavy (non-hydrogen) atoms. The average Bonchev–Trinajstić information content (AvgIpc) is 3.07. The summed E-state index contributed by atoms with van der Waals surface area (Å²) in [5, 5.41) is 5.84. The average molecular weight is 453 g/mol. The highest BCUT2D eigenvalue weighted by Gasteiger charge is 2.42. The van der Waals surface area contributed by atoms with Crippen LogP contribution in [0.15, 0.2) is 36.5 Å². The molecule has 2 aromatic rings. The van der Waals surface area contributed by atoms with Crippen LogP contribution in [0.3, 0.4) is 0 Å². The lowest BCUT2D eigenvalue weighted by atomic mass is 9.72. The third-order valence-corrected chi connectivity index (χ3v) is 6.85. The van der Waals surface area contributed by atoms with Gasteiger partial charge in [0.15, 0.2) is 0 Å². The Morgan fingerprint density at radius 1 is 1.19 bits per heavy atom. The molecule has 4 amide bonds. The van der Waals surface area contributed by atoms with Gasteiger partial charge in [0.25, 0.3) is 11.8 Å². The van der Waals surface area contributed by atoms with E-state index in [1.807, 2.05) is 6.07 Å². The van der Waals surface area contributed by atoms with Gasteiger partial charge in [-0.2, -0.15) is 0 Å². The van der Waals surface area contributed by atoms with Gasteiger partial charge in [-0.25, -0.2) is 4.98 Å². The first kappa shape index (κ1) is 20.6. The molecule has 8 nitrogen and oxygen atoms in total. The lowest BCUT2D eigenvalue weighted by Crippen LogP contribution is -2.52. The lowest BCUT2D eigenvalue weighted by Gasteiger charge is -2.42. The molecular weight excluding hydrogens is 432 g/mol. The predicted molar refractivity (Wildman–Crippen MR) is 115 cm³/mol. The van der Waals surface area contributed by atoms with Gasteiger partial charge in [0.1, 0.15) is 11.2 Å². The molecule has 3 aliphatic rings. The molecule has 5 rings (SSSR count). The molecule has 2 fully saturated rings. The van der Waals surface area contributed by atoms with Crippen molar-refractivity contribution in [1.29, 1.82) is 0 Å². The van der Waals surface area contributed by atoms with Crippen LogP contribution in [0.25, 0.3) is 0 Å². The molecule has 1 aromatic carbocycles. The number of hydrogen-bond donors (Lipinski definition) is 2. The van der Waals surface area contributed by atoms with Gasteiger partial charge in [-0.1, -0.05) is 17.7 Å². The smallest absolute Gasteiger partial charge is 0.255 e. The van der Waals surface area contributed by atoms with Crippen LogP contribution in [-0.4, -0.2) is 39.6 Å². The summed E-state index contributed by atoms with van der Waals surface area (Å²) < 4.78 is 0. The van der Waals surface area contributed by atoms with Crippen LogP contribution in [-0.2, 0) is 21.7 Å². The van der Waals surface area contributed by atoms with Crippen molar-refractivity contribution in [1.82, 2.24) is 20.5 Å². The van der Waals surface area contributed by atoms with Crippen molar-refractivity contribution in [2.24, 2.45) is 0 Å². The first-order chi connectivity index (χ1) is 15.4. The van der Waals surface area contributed by atoms with Gasteiger partial charge in [-0.15, -0.1) is 0 Å².